The number of pyridine rings is 1. The van der Waals surface area contributed by atoms with Gasteiger partial charge in [0.25, 0.3) is 11.8 Å². The molecular weight excluding hydrogens is 380 g/mol. The smallest absolute Gasteiger partial charge is 0.261 e. The average Bonchev–Trinajstić information content (AvgIpc) is 3.15. The fraction of sp³-hybridized carbons (Fsp3) is 0.318. The number of likely N-dealkylation sites (N-methyl/N-ethyl adjacent to an activating group) is 1. The fourth-order valence-corrected chi connectivity index (χ4v) is 3.70. The second-order valence-corrected chi connectivity index (χ2v) is 7.58. The molecule has 1 saturated heterocycles. The lowest BCUT2D eigenvalue weighted by Crippen LogP contribution is -2.47. The second-order valence-electron chi connectivity index (χ2n) is 7.58. The molecule has 3 heterocycles. The van der Waals surface area contributed by atoms with Crippen molar-refractivity contribution < 1.29 is 9.59 Å². The molecule has 1 fully saturated rings. The van der Waals surface area contributed by atoms with Gasteiger partial charge >= 0.3 is 0 Å². The van der Waals surface area contributed by atoms with Crippen LogP contribution in [0.15, 0.2) is 41.6 Å². The molecule has 152 valence electrons. The van der Waals surface area contributed by atoms with Crippen LogP contribution in [0.3, 0.4) is 0 Å². The number of aryl methyl sites for hydroxylation is 1. The molecule has 30 heavy (non-hydrogen) atoms. The molecule has 0 saturated carbocycles. The first-order valence-corrected chi connectivity index (χ1v) is 9.80. The number of rotatable bonds is 3. The van der Waals surface area contributed by atoms with Crippen LogP contribution in [-0.2, 0) is 4.79 Å². The van der Waals surface area contributed by atoms with Crippen molar-refractivity contribution in [3.63, 3.8) is 0 Å². The van der Waals surface area contributed by atoms with Crippen LogP contribution in [-0.4, -0.2) is 66.0 Å². The molecule has 2 aliphatic heterocycles. The summed E-state index contributed by atoms with van der Waals surface area (Å²) in [5.74, 6) is -0.413. The summed E-state index contributed by atoms with van der Waals surface area (Å²) in [6.07, 6.45) is 3.08. The van der Waals surface area contributed by atoms with Gasteiger partial charge in [-0.3, -0.25) is 9.59 Å². The van der Waals surface area contributed by atoms with Gasteiger partial charge < -0.3 is 9.80 Å². The molecule has 1 aromatic carbocycles. The predicted molar refractivity (Wildman–Crippen MR) is 112 cm³/mol. The second kappa shape index (κ2) is 8.05. The van der Waals surface area contributed by atoms with Crippen LogP contribution in [0.5, 0.6) is 0 Å². The first kappa shape index (κ1) is 19.7. The third kappa shape index (κ3) is 3.67. The van der Waals surface area contributed by atoms with Gasteiger partial charge in [-0.25, -0.2) is 4.98 Å². The van der Waals surface area contributed by atoms with Crippen molar-refractivity contribution in [2.75, 3.05) is 38.2 Å². The Morgan fingerprint density at radius 3 is 2.57 bits per heavy atom. The molecule has 0 N–H and O–H groups in total. The highest BCUT2D eigenvalue weighted by Crippen LogP contribution is 2.28. The van der Waals surface area contributed by atoms with Gasteiger partial charge in [0.15, 0.2) is 5.82 Å². The molecular formula is C22H22N6O2. The van der Waals surface area contributed by atoms with E-state index in [9.17, 15) is 9.59 Å². The van der Waals surface area contributed by atoms with Crippen molar-refractivity contribution in [1.29, 1.82) is 5.26 Å². The first-order chi connectivity index (χ1) is 14.5. The van der Waals surface area contributed by atoms with E-state index in [4.69, 9.17) is 5.26 Å². The monoisotopic (exact) mass is 402 g/mol. The average molecular weight is 402 g/mol. The topological polar surface area (TPSA) is 92.9 Å². The number of aromatic nitrogens is 1. The summed E-state index contributed by atoms with van der Waals surface area (Å²) in [6, 6.07) is 10.7. The molecule has 1 unspecified atom stereocenters. The Morgan fingerprint density at radius 2 is 1.93 bits per heavy atom. The molecule has 2 aromatic rings. The summed E-state index contributed by atoms with van der Waals surface area (Å²) in [4.78, 5) is 33.9. The van der Waals surface area contributed by atoms with Crippen LogP contribution in [0.1, 0.15) is 33.0 Å². The maximum atomic E-state index is 12.9. The third-order valence-electron chi connectivity index (χ3n) is 5.54. The van der Waals surface area contributed by atoms with Crippen molar-refractivity contribution in [1.82, 2.24) is 14.8 Å². The molecule has 4 rings (SSSR count). The number of hydrogen-bond donors (Lipinski definition) is 0. The van der Waals surface area contributed by atoms with Crippen molar-refractivity contribution in [3.05, 3.63) is 58.8 Å². The van der Waals surface area contributed by atoms with Gasteiger partial charge in [-0.05, 0) is 49.4 Å². The Kier molecular flexibility index (Phi) is 5.29. The van der Waals surface area contributed by atoms with Gasteiger partial charge in [-0.2, -0.15) is 15.4 Å². The summed E-state index contributed by atoms with van der Waals surface area (Å²) in [5, 5.41) is 14.5. The van der Waals surface area contributed by atoms with E-state index in [0.717, 1.165) is 24.2 Å². The summed E-state index contributed by atoms with van der Waals surface area (Å²) in [7, 11) is 2.04. The van der Waals surface area contributed by atoms with Crippen molar-refractivity contribution >= 4 is 23.8 Å². The Bertz CT molecular complexity index is 1050. The van der Waals surface area contributed by atoms with Crippen LogP contribution in [0.25, 0.3) is 0 Å². The number of carbonyl (C=O) groups excluding carboxylic acids is 2. The summed E-state index contributed by atoms with van der Waals surface area (Å²) >= 11 is 0. The Hall–Kier alpha value is -3.57. The summed E-state index contributed by atoms with van der Waals surface area (Å²) in [6.45, 7) is 4.96. The standard InChI is InChI=1S/C22H22N6O2/c1-15-11-16(12-23)3-5-18(15)19-14-25-28(22(19)30)20-6-4-17(13-24-20)21(29)27-9-7-26(2)8-10-27/h3-6,11,13-14,19H,7-10H2,1-2H3. The molecule has 2 amide bonds. The maximum absolute atomic E-state index is 12.9. The molecule has 0 radical (unpaired) electrons. The zero-order chi connectivity index (χ0) is 21.3. The molecule has 1 aromatic heterocycles. The fourth-order valence-electron chi connectivity index (χ4n) is 3.70. The highest BCUT2D eigenvalue weighted by Gasteiger charge is 2.33. The van der Waals surface area contributed by atoms with Gasteiger partial charge in [0, 0.05) is 38.6 Å². The Morgan fingerprint density at radius 1 is 1.17 bits per heavy atom. The zero-order valence-electron chi connectivity index (χ0n) is 16.9. The normalized spacial score (nSPS) is 19.2. The molecule has 8 nitrogen and oxygen atoms in total. The molecule has 0 bridgehead atoms. The van der Waals surface area contributed by atoms with Gasteiger partial charge in [0.05, 0.1) is 17.2 Å². The number of nitriles is 1. The number of carbonyl (C=O) groups is 2. The maximum Gasteiger partial charge on any atom is 0.261 e. The van der Waals surface area contributed by atoms with Gasteiger partial charge in [-0.1, -0.05) is 6.07 Å². The van der Waals surface area contributed by atoms with E-state index >= 15 is 0 Å². The lowest BCUT2D eigenvalue weighted by atomic mass is 9.94. The number of anilines is 1. The van der Waals surface area contributed by atoms with E-state index in [1.54, 1.807) is 36.5 Å². The highest BCUT2D eigenvalue weighted by atomic mass is 16.2. The van der Waals surface area contributed by atoms with E-state index in [-0.39, 0.29) is 11.8 Å². The lowest BCUT2D eigenvalue weighted by Gasteiger charge is -2.32. The number of hydrazone groups is 1. The molecule has 2 aliphatic rings. The van der Waals surface area contributed by atoms with E-state index in [1.807, 2.05) is 18.9 Å². The number of piperazine rings is 1. The van der Waals surface area contributed by atoms with E-state index < -0.39 is 5.92 Å². The SMILES string of the molecule is Cc1cc(C#N)ccc1C1C=NN(c2ccc(C(=O)N3CCN(C)CC3)cn2)C1=O. The minimum absolute atomic E-state index is 0.0514. The first-order valence-electron chi connectivity index (χ1n) is 9.80. The van der Waals surface area contributed by atoms with Crippen LogP contribution < -0.4 is 5.01 Å². The third-order valence-corrected chi connectivity index (χ3v) is 5.54. The van der Waals surface area contributed by atoms with Crippen LogP contribution in [0, 0.1) is 18.3 Å². The van der Waals surface area contributed by atoms with Gasteiger partial charge in [0.2, 0.25) is 0 Å². The van der Waals surface area contributed by atoms with E-state index in [0.29, 0.717) is 30.0 Å². The summed E-state index contributed by atoms with van der Waals surface area (Å²) < 4.78 is 0. The molecule has 8 heteroatoms. The Balaban J connectivity index is 1.48. The van der Waals surface area contributed by atoms with Gasteiger partial charge in [-0.15, -0.1) is 0 Å². The van der Waals surface area contributed by atoms with Crippen LogP contribution >= 0.6 is 0 Å². The number of amides is 2. The predicted octanol–water partition coefficient (Wildman–Crippen LogP) is 1.77. The molecule has 0 spiro atoms. The Labute approximate surface area is 175 Å². The van der Waals surface area contributed by atoms with Crippen LogP contribution in [0.4, 0.5) is 5.82 Å². The minimum Gasteiger partial charge on any atom is -0.336 e. The summed E-state index contributed by atoms with van der Waals surface area (Å²) in [5.41, 5.74) is 2.73. The minimum atomic E-state index is -0.522. The highest BCUT2D eigenvalue weighted by molar-refractivity contribution is 6.12. The van der Waals surface area contributed by atoms with E-state index in [2.05, 4.69) is 21.1 Å². The van der Waals surface area contributed by atoms with Crippen molar-refractivity contribution in [3.8, 4) is 6.07 Å². The van der Waals surface area contributed by atoms with Gasteiger partial charge in [0.1, 0.15) is 5.92 Å². The van der Waals surface area contributed by atoms with E-state index in [1.165, 1.54) is 11.2 Å². The lowest BCUT2D eigenvalue weighted by molar-refractivity contribution is -0.118. The zero-order valence-corrected chi connectivity index (χ0v) is 16.9. The number of nitrogens with zero attached hydrogens (tertiary/aromatic N) is 6. The van der Waals surface area contributed by atoms with Crippen LogP contribution in [0.2, 0.25) is 0 Å². The number of hydrogen-bond acceptors (Lipinski definition) is 6. The quantitative estimate of drug-likeness (QED) is 0.780. The molecule has 0 aliphatic carbocycles. The van der Waals surface area contributed by atoms with Crippen molar-refractivity contribution in [2.24, 2.45) is 5.10 Å². The largest absolute Gasteiger partial charge is 0.336 e. The van der Waals surface area contributed by atoms with Crippen molar-refractivity contribution in [2.45, 2.75) is 12.8 Å². The number of benzene rings is 1. The molecule has 1 atom stereocenters.